The highest BCUT2D eigenvalue weighted by Gasteiger charge is 2.15. The standard InChI is InChI=1S/C21H25N5O2/c1-14(2)18(13-27)25-21-24-17(15-7-6-10-22-12-15)11-20(26-21)23-16-8-4-5-9-19(16)28-3/h4-12,14,18,27H,13H2,1-3H3,(H2,23,24,25,26)/t18-/m1/s1. The number of para-hydroxylation sites is 2. The second-order valence-electron chi connectivity index (χ2n) is 6.71. The number of aliphatic hydroxyl groups excluding tert-OH is 1. The zero-order valence-corrected chi connectivity index (χ0v) is 16.3. The Hall–Kier alpha value is -3.19. The molecule has 3 aromatic rings. The summed E-state index contributed by atoms with van der Waals surface area (Å²) >= 11 is 0. The molecule has 0 saturated heterocycles. The van der Waals surface area contributed by atoms with Crippen molar-refractivity contribution in [1.82, 2.24) is 15.0 Å². The predicted molar refractivity (Wildman–Crippen MR) is 111 cm³/mol. The van der Waals surface area contributed by atoms with Gasteiger partial charge in [0.2, 0.25) is 5.95 Å². The molecule has 28 heavy (non-hydrogen) atoms. The number of rotatable bonds is 8. The molecule has 0 spiro atoms. The molecule has 0 aliphatic carbocycles. The Morgan fingerprint density at radius 3 is 2.61 bits per heavy atom. The molecule has 7 heteroatoms. The van der Waals surface area contributed by atoms with E-state index in [1.54, 1.807) is 19.5 Å². The Morgan fingerprint density at radius 1 is 1.11 bits per heavy atom. The topological polar surface area (TPSA) is 92.2 Å². The summed E-state index contributed by atoms with van der Waals surface area (Å²) < 4.78 is 5.41. The number of methoxy groups -OCH3 is 1. The summed E-state index contributed by atoms with van der Waals surface area (Å²) in [6.45, 7) is 4.06. The maximum absolute atomic E-state index is 9.66. The molecule has 3 rings (SSSR count). The third-order valence-corrected chi connectivity index (χ3v) is 4.37. The summed E-state index contributed by atoms with van der Waals surface area (Å²) in [5.74, 6) is 1.99. The van der Waals surface area contributed by atoms with Crippen LogP contribution in [-0.2, 0) is 0 Å². The average molecular weight is 379 g/mol. The van der Waals surface area contributed by atoms with Gasteiger partial charge in [-0.2, -0.15) is 4.98 Å². The van der Waals surface area contributed by atoms with Crippen molar-refractivity contribution in [3.63, 3.8) is 0 Å². The Balaban J connectivity index is 1.99. The van der Waals surface area contributed by atoms with Crippen LogP contribution >= 0.6 is 0 Å². The molecule has 1 atom stereocenters. The maximum Gasteiger partial charge on any atom is 0.225 e. The van der Waals surface area contributed by atoms with Crippen molar-refractivity contribution in [2.75, 3.05) is 24.4 Å². The highest BCUT2D eigenvalue weighted by atomic mass is 16.5. The fourth-order valence-electron chi connectivity index (χ4n) is 2.71. The normalized spacial score (nSPS) is 11.9. The number of nitrogens with one attached hydrogen (secondary N) is 2. The lowest BCUT2D eigenvalue weighted by molar-refractivity contribution is 0.248. The Kier molecular flexibility index (Phi) is 6.39. The fraction of sp³-hybridized carbons (Fsp3) is 0.286. The summed E-state index contributed by atoms with van der Waals surface area (Å²) in [6.07, 6.45) is 3.48. The van der Waals surface area contributed by atoms with Crippen LogP contribution in [0.4, 0.5) is 17.5 Å². The average Bonchev–Trinajstić information content (AvgIpc) is 2.72. The molecule has 0 unspecified atom stereocenters. The number of ether oxygens (including phenoxy) is 1. The monoisotopic (exact) mass is 379 g/mol. The molecule has 1 aromatic carbocycles. The minimum Gasteiger partial charge on any atom is -0.495 e. The minimum atomic E-state index is -0.150. The molecule has 0 amide bonds. The lowest BCUT2D eigenvalue weighted by Crippen LogP contribution is -2.30. The number of aliphatic hydroxyl groups is 1. The first-order valence-electron chi connectivity index (χ1n) is 9.17. The van der Waals surface area contributed by atoms with Crippen molar-refractivity contribution in [1.29, 1.82) is 0 Å². The van der Waals surface area contributed by atoms with Crippen molar-refractivity contribution in [2.45, 2.75) is 19.9 Å². The van der Waals surface area contributed by atoms with E-state index in [2.05, 4.69) is 25.6 Å². The van der Waals surface area contributed by atoms with Crippen LogP contribution in [-0.4, -0.2) is 39.8 Å². The van der Waals surface area contributed by atoms with Crippen LogP contribution < -0.4 is 15.4 Å². The van der Waals surface area contributed by atoms with Crippen LogP contribution in [0, 0.1) is 5.92 Å². The van der Waals surface area contributed by atoms with Crippen LogP contribution in [0.25, 0.3) is 11.3 Å². The molecular formula is C21H25N5O2. The minimum absolute atomic E-state index is 0.00653. The molecule has 0 aliphatic rings. The van der Waals surface area contributed by atoms with Crippen molar-refractivity contribution in [3.8, 4) is 17.0 Å². The van der Waals surface area contributed by atoms with Gasteiger partial charge >= 0.3 is 0 Å². The molecule has 146 valence electrons. The predicted octanol–water partition coefficient (Wildman–Crippen LogP) is 3.72. The summed E-state index contributed by atoms with van der Waals surface area (Å²) in [7, 11) is 1.63. The van der Waals surface area contributed by atoms with Crippen LogP contribution in [0.2, 0.25) is 0 Å². The van der Waals surface area contributed by atoms with Gasteiger partial charge in [-0.15, -0.1) is 0 Å². The summed E-state index contributed by atoms with van der Waals surface area (Å²) in [6, 6.07) is 13.1. The van der Waals surface area contributed by atoms with E-state index in [4.69, 9.17) is 4.74 Å². The van der Waals surface area contributed by atoms with Crippen molar-refractivity contribution >= 4 is 17.5 Å². The van der Waals surface area contributed by atoms with E-state index in [0.717, 1.165) is 16.9 Å². The molecule has 0 saturated carbocycles. The van der Waals surface area contributed by atoms with Crippen LogP contribution in [0.15, 0.2) is 54.9 Å². The van der Waals surface area contributed by atoms with Gasteiger partial charge in [0.15, 0.2) is 0 Å². The van der Waals surface area contributed by atoms with Gasteiger partial charge in [0.25, 0.3) is 0 Å². The number of aromatic nitrogens is 3. The van der Waals surface area contributed by atoms with Gasteiger partial charge in [0, 0.05) is 24.0 Å². The first kappa shape index (κ1) is 19.6. The molecule has 0 bridgehead atoms. The van der Waals surface area contributed by atoms with Crippen LogP contribution in [0.5, 0.6) is 5.75 Å². The third-order valence-electron chi connectivity index (χ3n) is 4.37. The molecule has 0 fully saturated rings. The second-order valence-corrected chi connectivity index (χ2v) is 6.71. The number of anilines is 3. The molecule has 0 radical (unpaired) electrons. The SMILES string of the molecule is COc1ccccc1Nc1cc(-c2cccnc2)nc(N[C@H](CO)C(C)C)n1. The smallest absolute Gasteiger partial charge is 0.225 e. The van der Waals surface area contributed by atoms with Crippen LogP contribution in [0.1, 0.15) is 13.8 Å². The van der Waals surface area contributed by atoms with Crippen molar-refractivity contribution in [3.05, 3.63) is 54.9 Å². The third kappa shape index (κ3) is 4.75. The van der Waals surface area contributed by atoms with Gasteiger partial charge in [0.05, 0.1) is 31.1 Å². The van der Waals surface area contributed by atoms with E-state index in [-0.39, 0.29) is 18.6 Å². The Bertz CT molecular complexity index is 902. The molecule has 0 aliphatic heterocycles. The number of pyridine rings is 1. The van der Waals surface area contributed by atoms with Crippen molar-refractivity contribution in [2.24, 2.45) is 5.92 Å². The fourth-order valence-corrected chi connectivity index (χ4v) is 2.71. The highest BCUT2D eigenvalue weighted by Crippen LogP contribution is 2.28. The van der Waals surface area contributed by atoms with Gasteiger partial charge in [-0.05, 0) is 30.2 Å². The number of nitrogens with zero attached hydrogens (tertiary/aromatic N) is 3. The number of hydrogen-bond donors (Lipinski definition) is 3. The molecule has 3 N–H and O–H groups in total. The highest BCUT2D eigenvalue weighted by molar-refractivity contribution is 5.69. The van der Waals surface area contributed by atoms with E-state index in [1.165, 1.54) is 0 Å². The summed E-state index contributed by atoms with van der Waals surface area (Å²) in [5.41, 5.74) is 2.40. The lowest BCUT2D eigenvalue weighted by Gasteiger charge is -2.21. The summed E-state index contributed by atoms with van der Waals surface area (Å²) in [4.78, 5) is 13.4. The lowest BCUT2D eigenvalue weighted by atomic mass is 10.1. The Labute approximate surface area is 164 Å². The van der Waals surface area contributed by atoms with E-state index in [9.17, 15) is 5.11 Å². The summed E-state index contributed by atoms with van der Waals surface area (Å²) in [5, 5.41) is 16.2. The molecular weight excluding hydrogens is 354 g/mol. The van der Waals surface area contributed by atoms with E-state index in [1.807, 2.05) is 56.3 Å². The zero-order chi connectivity index (χ0) is 19.9. The number of hydrogen-bond acceptors (Lipinski definition) is 7. The maximum atomic E-state index is 9.66. The van der Waals surface area contributed by atoms with E-state index >= 15 is 0 Å². The van der Waals surface area contributed by atoms with Gasteiger partial charge in [-0.25, -0.2) is 4.98 Å². The van der Waals surface area contributed by atoms with Crippen LogP contribution in [0.3, 0.4) is 0 Å². The van der Waals surface area contributed by atoms with E-state index in [0.29, 0.717) is 17.5 Å². The zero-order valence-electron chi connectivity index (χ0n) is 16.3. The number of benzene rings is 1. The quantitative estimate of drug-likeness (QED) is 0.549. The van der Waals surface area contributed by atoms with Gasteiger partial charge in [-0.3, -0.25) is 4.98 Å². The second kappa shape index (κ2) is 9.14. The van der Waals surface area contributed by atoms with E-state index < -0.39 is 0 Å². The molecule has 2 heterocycles. The molecule has 7 nitrogen and oxygen atoms in total. The molecule has 2 aromatic heterocycles. The van der Waals surface area contributed by atoms with Gasteiger partial charge < -0.3 is 20.5 Å². The first-order valence-corrected chi connectivity index (χ1v) is 9.17. The largest absolute Gasteiger partial charge is 0.495 e. The van der Waals surface area contributed by atoms with Gasteiger partial charge in [-0.1, -0.05) is 26.0 Å². The van der Waals surface area contributed by atoms with Crippen molar-refractivity contribution < 1.29 is 9.84 Å². The Morgan fingerprint density at radius 2 is 1.93 bits per heavy atom. The van der Waals surface area contributed by atoms with Gasteiger partial charge in [0.1, 0.15) is 11.6 Å². The first-order chi connectivity index (χ1) is 13.6.